The van der Waals surface area contributed by atoms with Crippen LogP contribution in [0.25, 0.3) is 0 Å². The molecule has 1 aliphatic rings. The molecule has 4 aromatic rings. The first-order chi connectivity index (χ1) is 16.8. The Balaban J connectivity index is 1.73. The van der Waals surface area contributed by atoms with Gasteiger partial charge in [0.15, 0.2) is 17.3 Å². The lowest BCUT2D eigenvalue weighted by Crippen LogP contribution is -2.22. The highest BCUT2D eigenvalue weighted by Gasteiger charge is 2.35. The summed E-state index contributed by atoms with van der Waals surface area (Å²) in [5.41, 5.74) is 0.988. The molecule has 4 aromatic carbocycles. The fourth-order valence-corrected chi connectivity index (χ4v) is 4.74. The van der Waals surface area contributed by atoms with Gasteiger partial charge < -0.3 is 15.7 Å². The van der Waals surface area contributed by atoms with Crippen LogP contribution >= 0.6 is 0 Å². The van der Waals surface area contributed by atoms with Gasteiger partial charge >= 0.3 is 0 Å². The molecule has 0 unspecified atom stereocenters. The molecule has 8 nitrogen and oxygen atoms in total. The normalized spacial score (nSPS) is 12.6. The zero-order valence-corrected chi connectivity index (χ0v) is 18.8. The van der Waals surface area contributed by atoms with Crippen LogP contribution in [0.1, 0.15) is 31.8 Å². The molecule has 0 fully saturated rings. The van der Waals surface area contributed by atoms with Crippen LogP contribution in [0.3, 0.4) is 0 Å². The number of carbonyl (C=O) groups is 2. The van der Waals surface area contributed by atoms with Crippen molar-refractivity contribution in [2.75, 3.05) is 10.6 Å². The fraction of sp³-hybridized carbons (Fsp3) is 0. The van der Waals surface area contributed by atoms with Crippen LogP contribution in [0.5, 0.6) is 5.75 Å². The van der Waals surface area contributed by atoms with E-state index >= 15 is 0 Å². The largest absolute Gasteiger partial charge is 0.505 e. The van der Waals surface area contributed by atoms with Crippen LogP contribution in [0, 0.1) is 0 Å². The van der Waals surface area contributed by atoms with Crippen LogP contribution in [0.2, 0.25) is 0 Å². The lowest BCUT2D eigenvalue weighted by Gasteiger charge is -2.24. The van der Waals surface area contributed by atoms with E-state index in [4.69, 9.17) is 0 Å². The number of phenols is 1. The van der Waals surface area contributed by atoms with E-state index in [1.54, 1.807) is 48.5 Å². The molecule has 0 spiro atoms. The van der Waals surface area contributed by atoms with Crippen molar-refractivity contribution in [3.05, 3.63) is 107 Å². The molecule has 0 bridgehead atoms. The van der Waals surface area contributed by atoms with E-state index in [1.165, 1.54) is 30.3 Å². The molecular formula is C26H18N2O6S. The Morgan fingerprint density at radius 2 is 1.20 bits per heavy atom. The van der Waals surface area contributed by atoms with Crippen molar-refractivity contribution in [1.82, 2.24) is 0 Å². The first kappa shape index (κ1) is 22.3. The summed E-state index contributed by atoms with van der Waals surface area (Å²) in [5, 5.41) is 17.0. The maximum Gasteiger partial charge on any atom is 0.296 e. The van der Waals surface area contributed by atoms with Crippen molar-refractivity contribution in [2.24, 2.45) is 0 Å². The van der Waals surface area contributed by atoms with E-state index in [9.17, 15) is 27.7 Å². The standard InChI is InChI=1S/C26H18N2O6S/c29-24-16-10-4-5-11-17(16)25(30)23-22(24)19(27-15-8-2-1-3-9-15)14-20(26(23)31)28-18-12-6-7-13-21(18)35(32,33)34/h1-14,27-28,31H,(H,32,33,34). The second-order valence-electron chi connectivity index (χ2n) is 7.86. The number of para-hydroxylation sites is 2. The van der Waals surface area contributed by atoms with E-state index in [2.05, 4.69) is 10.6 Å². The highest BCUT2D eigenvalue weighted by molar-refractivity contribution is 7.86. The molecule has 5 rings (SSSR count). The van der Waals surface area contributed by atoms with E-state index in [-0.39, 0.29) is 39.3 Å². The minimum Gasteiger partial charge on any atom is -0.505 e. The van der Waals surface area contributed by atoms with Crippen LogP contribution in [0.15, 0.2) is 89.8 Å². The van der Waals surface area contributed by atoms with Gasteiger partial charge in [-0.1, -0.05) is 54.6 Å². The van der Waals surface area contributed by atoms with Crippen molar-refractivity contribution in [3.63, 3.8) is 0 Å². The topological polar surface area (TPSA) is 133 Å². The molecule has 9 heteroatoms. The molecule has 0 atom stereocenters. The quantitative estimate of drug-likeness (QED) is 0.157. The average Bonchev–Trinajstić information content (AvgIpc) is 2.84. The van der Waals surface area contributed by atoms with Gasteiger partial charge in [0.1, 0.15) is 4.90 Å². The molecule has 0 saturated heterocycles. The zero-order valence-electron chi connectivity index (χ0n) is 18.0. The molecule has 0 aromatic heterocycles. The van der Waals surface area contributed by atoms with Gasteiger partial charge in [-0.05, 0) is 30.3 Å². The van der Waals surface area contributed by atoms with Crippen molar-refractivity contribution in [3.8, 4) is 5.75 Å². The Hall–Kier alpha value is -4.47. The van der Waals surface area contributed by atoms with Gasteiger partial charge in [0.2, 0.25) is 0 Å². The summed E-state index contributed by atoms with van der Waals surface area (Å²) in [6, 6.07) is 22.3. The highest BCUT2D eigenvalue weighted by Crippen LogP contribution is 2.44. The highest BCUT2D eigenvalue weighted by atomic mass is 32.2. The predicted molar refractivity (Wildman–Crippen MR) is 131 cm³/mol. The first-order valence-corrected chi connectivity index (χ1v) is 11.9. The number of carbonyl (C=O) groups excluding carboxylic acids is 2. The summed E-state index contributed by atoms with van der Waals surface area (Å²) >= 11 is 0. The first-order valence-electron chi connectivity index (χ1n) is 10.5. The van der Waals surface area contributed by atoms with Crippen molar-refractivity contribution in [1.29, 1.82) is 0 Å². The molecule has 0 amide bonds. The molecule has 1 aliphatic carbocycles. The predicted octanol–water partition coefficient (Wildman–Crippen LogP) is 4.90. The van der Waals surface area contributed by atoms with Crippen molar-refractivity contribution >= 4 is 44.4 Å². The minimum atomic E-state index is -4.58. The number of fused-ring (bicyclic) bond motifs is 2. The number of anilines is 4. The third-order valence-electron chi connectivity index (χ3n) is 5.66. The average molecular weight is 487 g/mol. The van der Waals surface area contributed by atoms with Gasteiger partial charge in [-0.25, -0.2) is 0 Å². The Bertz CT molecular complexity index is 1610. The maximum absolute atomic E-state index is 13.4. The molecule has 174 valence electrons. The number of hydrogen-bond donors (Lipinski definition) is 4. The molecule has 4 N–H and O–H groups in total. The summed E-state index contributed by atoms with van der Waals surface area (Å²) in [5.74, 6) is -1.50. The third kappa shape index (κ3) is 3.92. The number of phenolic OH excluding ortho intramolecular Hbond substituents is 1. The summed E-state index contributed by atoms with van der Waals surface area (Å²) in [7, 11) is -4.58. The second-order valence-corrected chi connectivity index (χ2v) is 9.25. The Labute approximate surface area is 200 Å². The molecule has 0 heterocycles. The molecule has 0 aliphatic heterocycles. The Morgan fingerprint density at radius 1 is 0.629 bits per heavy atom. The number of ketones is 2. The van der Waals surface area contributed by atoms with Crippen LogP contribution in [0.4, 0.5) is 22.7 Å². The summed E-state index contributed by atoms with van der Waals surface area (Å²) in [6.45, 7) is 0. The van der Waals surface area contributed by atoms with Crippen molar-refractivity contribution in [2.45, 2.75) is 4.90 Å². The smallest absolute Gasteiger partial charge is 0.296 e. The van der Waals surface area contributed by atoms with Gasteiger partial charge in [-0.3, -0.25) is 14.1 Å². The minimum absolute atomic E-state index is 0.00340. The van der Waals surface area contributed by atoms with E-state index in [1.807, 2.05) is 6.07 Å². The lowest BCUT2D eigenvalue weighted by molar-refractivity contribution is 0.0977. The second kappa shape index (κ2) is 8.39. The van der Waals surface area contributed by atoms with Gasteiger partial charge in [0, 0.05) is 16.8 Å². The van der Waals surface area contributed by atoms with E-state index < -0.39 is 32.3 Å². The lowest BCUT2D eigenvalue weighted by atomic mass is 9.82. The van der Waals surface area contributed by atoms with Crippen molar-refractivity contribution < 1.29 is 27.7 Å². The summed E-state index contributed by atoms with van der Waals surface area (Å²) < 4.78 is 33.3. The summed E-state index contributed by atoms with van der Waals surface area (Å²) in [4.78, 5) is 26.4. The number of aromatic hydroxyl groups is 1. The van der Waals surface area contributed by atoms with Crippen LogP contribution < -0.4 is 10.6 Å². The molecule has 0 saturated carbocycles. The Morgan fingerprint density at radius 3 is 1.86 bits per heavy atom. The van der Waals surface area contributed by atoms with Gasteiger partial charge in [0.25, 0.3) is 10.1 Å². The summed E-state index contributed by atoms with van der Waals surface area (Å²) in [6.07, 6.45) is 0. The molecule has 35 heavy (non-hydrogen) atoms. The van der Waals surface area contributed by atoms with E-state index in [0.717, 1.165) is 0 Å². The monoisotopic (exact) mass is 486 g/mol. The number of rotatable bonds is 5. The SMILES string of the molecule is O=C1c2ccccc2C(=O)c2c(O)c(Nc3ccccc3S(=O)(=O)O)cc(Nc3ccccc3)c21. The maximum atomic E-state index is 13.4. The van der Waals surface area contributed by atoms with Gasteiger partial charge in [-0.2, -0.15) is 8.42 Å². The number of benzene rings is 4. The molecular weight excluding hydrogens is 468 g/mol. The van der Waals surface area contributed by atoms with Gasteiger partial charge in [0.05, 0.1) is 28.2 Å². The Kier molecular flexibility index (Phi) is 5.35. The van der Waals surface area contributed by atoms with Crippen LogP contribution in [-0.2, 0) is 10.1 Å². The zero-order chi connectivity index (χ0) is 24.7. The third-order valence-corrected chi connectivity index (χ3v) is 6.57. The van der Waals surface area contributed by atoms with Gasteiger partial charge in [-0.15, -0.1) is 0 Å². The number of nitrogens with one attached hydrogen (secondary N) is 2. The fourth-order valence-electron chi connectivity index (χ4n) is 4.09. The molecule has 0 radical (unpaired) electrons. The van der Waals surface area contributed by atoms with Crippen LogP contribution in [-0.4, -0.2) is 29.6 Å². The number of hydrogen-bond acceptors (Lipinski definition) is 7. The van der Waals surface area contributed by atoms with E-state index in [0.29, 0.717) is 5.69 Å².